The van der Waals surface area contributed by atoms with Crippen LogP contribution in [0, 0.1) is 0 Å². The van der Waals surface area contributed by atoms with Gasteiger partial charge in [-0.1, -0.05) is 269 Å². The van der Waals surface area contributed by atoms with Gasteiger partial charge in [-0.2, -0.15) is 0 Å². The van der Waals surface area contributed by atoms with E-state index in [1.54, 1.807) is 6.08 Å². The molecule has 0 rings (SSSR count). The van der Waals surface area contributed by atoms with Gasteiger partial charge in [-0.25, -0.2) is 0 Å². The van der Waals surface area contributed by atoms with Gasteiger partial charge in [0.25, 0.3) is 0 Å². The standard InChI is InChI=1S/C63H119NO5/c1-3-5-7-9-11-13-15-17-32-35-39-43-47-51-55-61(66)60(59-65)64-62(67)56-52-48-44-40-36-33-29-27-25-23-21-19-18-20-22-24-26-28-30-34-38-42-46-50-54-58-69-63(68)57-53-49-45-41-37-31-16-14-12-10-8-6-4-2/h14,16,19,21,51,55,60-61,65-66H,3-13,15,17-18,20,22-50,52-54,56-59H2,1-2H3,(H,64,67)/b16-14-,21-19-,55-51+. The van der Waals surface area contributed by atoms with Gasteiger partial charge in [0.1, 0.15) is 0 Å². The lowest BCUT2D eigenvalue weighted by Gasteiger charge is -2.20. The molecule has 0 fully saturated rings. The highest BCUT2D eigenvalue weighted by Crippen LogP contribution is 2.17. The van der Waals surface area contributed by atoms with Crippen molar-refractivity contribution < 1.29 is 24.5 Å². The number of carbonyl (C=O) groups excluding carboxylic acids is 2. The van der Waals surface area contributed by atoms with Gasteiger partial charge in [-0.05, 0) is 83.5 Å². The molecule has 0 aliphatic carbocycles. The molecule has 2 atom stereocenters. The molecule has 6 heteroatoms. The third kappa shape index (κ3) is 55.2. The average molecular weight is 971 g/mol. The first-order chi connectivity index (χ1) is 34.0. The summed E-state index contributed by atoms with van der Waals surface area (Å²) in [6, 6.07) is -0.630. The number of unbranched alkanes of at least 4 members (excludes halogenated alkanes) is 42. The van der Waals surface area contributed by atoms with E-state index in [-0.39, 0.29) is 18.5 Å². The number of rotatable bonds is 57. The zero-order chi connectivity index (χ0) is 50.0. The normalized spacial score (nSPS) is 12.8. The van der Waals surface area contributed by atoms with Crippen LogP contribution in [-0.4, -0.2) is 47.4 Å². The summed E-state index contributed by atoms with van der Waals surface area (Å²) in [7, 11) is 0. The molecule has 0 radical (unpaired) electrons. The minimum absolute atomic E-state index is 0.00359. The summed E-state index contributed by atoms with van der Waals surface area (Å²) >= 11 is 0. The molecule has 0 aliphatic heterocycles. The molecule has 406 valence electrons. The Hall–Kier alpha value is -1.92. The van der Waals surface area contributed by atoms with Crippen LogP contribution in [0.3, 0.4) is 0 Å². The van der Waals surface area contributed by atoms with E-state index in [0.29, 0.717) is 19.4 Å². The number of esters is 1. The Morgan fingerprint density at radius 3 is 1.04 bits per heavy atom. The van der Waals surface area contributed by atoms with Gasteiger partial charge in [0.15, 0.2) is 0 Å². The Balaban J connectivity index is 3.42. The van der Waals surface area contributed by atoms with E-state index in [9.17, 15) is 19.8 Å². The van der Waals surface area contributed by atoms with E-state index in [1.165, 1.54) is 257 Å². The zero-order valence-corrected chi connectivity index (χ0v) is 46.3. The van der Waals surface area contributed by atoms with Crippen LogP contribution in [0.25, 0.3) is 0 Å². The van der Waals surface area contributed by atoms with Crippen molar-refractivity contribution in [1.82, 2.24) is 5.32 Å². The number of allylic oxidation sites excluding steroid dienone is 5. The molecule has 69 heavy (non-hydrogen) atoms. The first-order valence-corrected chi connectivity index (χ1v) is 30.8. The second kappa shape index (κ2) is 58.6. The van der Waals surface area contributed by atoms with Crippen molar-refractivity contribution in [2.45, 2.75) is 341 Å². The molecule has 0 aromatic carbocycles. The van der Waals surface area contributed by atoms with E-state index < -0.39 is 12.1 Å². The molecule has 2 unspecified atom stereocenters. The van der Waals surface area contributed by atoms with Crippen LogP contribution in [0.2, 0.25) is 0 Å². The van der Waals surface area contributed by atoms with Crippen molar-refractivity contribution in [3.05, 3.63) is 36.5 Å². The average Bonchev–Trinajstić information content (AvgIpc) is 3.35. The van der Waals surface area contributed by atoms with Crippen LogP contribution in [0.5, 0.6) is 0 Å². The third-order valence-corrected chi connectivity index (χ3v) is 14.1. The quantitative estimate of drug-likeness (QED) is 0.0321. The van der Waals surface area contributed by atoms with E-state index >= 15 is 0 Å². The van der Waals surface area contributed by atoms with Crippen LogP contribution in [0.4, 0.5) is 0 Å². The van der Waals surface area contributed by atoms with Gasteiger partial charge >= 0.3 is 5.97 Å². The predicted molar refractivity (Wildman–Crippen MR) is 301 cm³/mol. The molecule has 0 spiro atoms. The number of aliphatic hydroxyl groups is 2. The molecular formula is C63H119NO5. The Labute approximate surface area is 430 Å². The highest BCUT2D eigenvalue weighted by Gasteiger charge is 2.18. The maximum atomic E-state index is 12.5. The molecule has 0 heterocycles. The van der Waals surface area contributed by atoms with Gasteiger partial charge in [0.05, 0.1) is 25.4 Å². The van der Waals surface area contributed by atoms with Crippen molar-refractivity contribution in [2.75, 3.05) is 13.2 Å². The van der Waals surface area contributed by atoms with Gasteiger partial charge in [0.2, 0.25) is 5.91 Å². The van der Waals surface area contributed by atoms with Crippen LogP contribution >= 0.6 is 0 Å². The summed E-state index contributed by atoms with van der Waals surface area (Å²) in [4.78, 5) is 24.5. The number of aliphatic hydroxyl groups excluding tert-OH is 2. The fourth-order valence-corrected chi connectivity index (χ4v) is 9.39. The molecular weight excluding hydrogens is 851 g/mol. The zero-order valence-electron chi connectivity index (χ0n) is 46.3. The van der Waals surface area contributed by atoms with Crippen molar-refractivity contribution >= 4 is 11.9 Å². The van der Waals surface area contributed by atoms with Gasteiger partial charge in [0, 0.05) is 12.8 Å². The lowest BCUT2D eigenvalue weighted by molar-refractivity contribution is -0.143. The Morgan fingerprint density at radius 2 is 0.681 bits per heavy atom. The van der Waals surface area contributed by atoms with E-state index in [4.69, 9.17) is 4.74 Å². The molecule has 1 amide bonds. The van der Waals surface area contributed by atoms with Crippen molar-refractivity contribution in [1.29, 1.82) is 0 Å². The van der Waals surface area contributed by atoms with Gasteiger partial charge in [-0.15, -0.1) is 0 Å². The summed E-state index contributed by atoms with van der Waals surface area (Å²) in [5.74, 6) is -0.0669. The van der Waals surface area contributed by atoms with Crippen LogP contribution in [0.15, 0.2) is 36.5 Å². The largest absolute Gasteiger partial charge is 0.466 e. The number of hydrogen-bond donors (Lipinski definition) is 3. The molecule has 6 nitrogen and oxygen atoms in total. The predicted octanol–water partition coefficient (Wildman–Crippen LogP) is 19.2. The molecule has 0 bridgehead atoms. The SMILES string of the molecule is CCCCCC/C=C\CCCCCCCC(=O)OCCCCCCCCCCCCCC/C=C\CCCCCCCCCCCC(=O)NC(CO)C(O)/C=C/CCCCCCCCCCCCCC. The minimum atomic E-state index is -0.846. The summed E-state index contributed by atoms with van der Waals surface area (Å²) in [5, 5.41) is 23.1. The molecule has 0 saturated heterocycles. The molecule has 0 aliphatic rings. The minimum Gasteiger partial charge on any atom is -0.466 e. The van der Waals surface area contributed by atoms with E-state index in [0.717, 1.165) is 44.9 Å². The lowest BCUT2D eigenvalue weighted by atomic mass is 10.0. The van der Waals surface area contributed by atoms with E-state index in [2.05, 4.69) is 43.5 Å². The molecule has 3 N–H and O–H groups in total. The lowest BCUT2D eigenvalue weighted by Crippen LogP contribution is -2.45. The number of carbonyl (C=O) groups is 2. The maximum absolute atomic E-state index is 12.5. The second-order valence-corrected chi connectivity index (χ2v) is 21.0. The first kappa shape index (κ1) is 67.1. The maximum Gasteiger partial charge on any atom is 0.305 e. The van der Waals surface area contributed by atoms with Crippen LogP contribution in [0.1, 0.15) is 328 Å². The van der Waals surface area contributed by atoms with Crippen molar-refractivity contribution in [2.24, 2.45) is 0 Å². The van der Waals surface area contributed by atoms with Gasteiger partial charge in [-0.3, -0.25) is 9.59 Å². The summed E-state index contributed by atoms with van der Waals surface area (Å²) in [6.45, 7) is 4.89. The Morgan fingerprint density at radius 1 is 0.391 bits per heavy atom. The van der Waals surface area contributed by atoms with Crippen LogP contribution < -0.4 is 5.32 Å². The smallest absolute Gasteiger partial charge is 0.305 e. The fraction of sp³-hybridized carbons (Fsp3) is 0.873. The third-order valence-electron chi connectivity index (χ3n) is 14.1. The number of ether oxygens (including phenoxy) is 1. The Bertz CT molecular complexity index is 1120. The second-order valence-electron chi connectivity index (χ2n) is 21.0. The number of nitrogens with one attached hydrogen (secondary N) is 1. The number of amides is 1. The van der Waals surface area contributed by atoms with Gasteiger partial charge < -0.3 is 20.3 Å². The summed E-state index contributed by atoms with van der Waals surface area (Å²) < 4.78 is 5.47. The first-order valence-electron chi connectivity index (χ1n) is 30.8. The monoisotopic (exact) mass is 970 g/mol. The van der Waals surface area contributed by atoms with Crippen LogP contribution in [-0.2, 0) is 14.3 Å². The molecule has 0 saturated carbocycles. The van der Waals surface area contributed by atoms with Crippen molar-refractivity contribution in [3.8, 4) is 0 Å². The molecule has 0 aromatic heterocycles. The molecule has 0 aromatic rings. The number of hydrogen-bond acceptors (Lipinski definition) is 5. The highest BCUT2D eigenvalue weighted by atomic mass is 16.5. The fourth-order valence-electron chi connectivity index (χ4n) is 9.39. The summed E-state index contributed by atoms with van der Waals surface area (Å²) in [5.41, 5.74) is 0. The van der Waals surface area contributed by atoms with E-state index in [1.807, 2.05) is 6.08 Å². The highest BCUT2D eigenvalue weighted by molar-refractivity contribution is 5.76. The summed E-state index contributed by atoms with van der Waals surface area (Å²) in [6.07, 6.45) is 73.3. The van der Waals surface area contributed by atoms with Crippen molar-refractivity contribution in [3.63, 3.8) is 0 Å². The topological polar surface area (TPSA) is 95.9 Å². The Kier molecular flexibility index (Phi) is 57.0.